The zero-order valence-corrected chi connectivity index (χ0v) is 6.72. The van der Waals surface area contributed by atoms with Gasteiger partial charge in [0.25, 0.3) is 0 Å². The van der Waals surface area contributed by atoms with Gasteiger partial charge in [0.15, 0.2) is 0 Å². The summed E-state index contributed by atoms with van der Waals surface area (Å²) in [6, 6.07) is 0.758. The van der Waals surface area contributed by atoms with E-state index >= 15 is 0 Å². The van der Waals surface area contributed by atoms with Crippen LogP contribution in [0.2, 0.25) is 0 Å². The highest BCUT2D eigenvalue weighted by molar-refractivity contribution is 5.77. The van der Waals surface area contributed by atoms with Crippen molar-refractivity contribution in [3.05, 3.63) is 0 Å². The number of hydrogen-bond acceptors (Lipinski definition) is 2. The van der Waals surface area contributed by atoms with Gasteiger partial charge in [0.05, 0.1) is 0 Å². The first-order valence-corrected chi connectivity index (χ1v) is 3.69. The van der Waals surface area contributed by atoms with Crippen molar-refractivity contribution < 1.29 is 4.79 Å². The predicted molar refractivity (Wildman–Crippen MR) is 39.2 cm³/mol. The maximum absolute atomic E-state index is 10.8. The lowest BCUT2D eigenvalue weighted by atomic mass is 10.2. The number of nitrogens with one attached hydrogen (secondary N) is 1. The fourth-order valence-electron chi connectivity index (χ4n) is 1.30. The SMILES string of the molecule is CC(C)N1NC(=O)C[C@@H]1C. The first kappa shape index (κ1) is 7.54. The lowest BCUT2D eigenvalue weighted by Gasteiger charge is -2.23. The van der Waals surface area contributed by atoms with E-state index in [1.165, 1.54) is 0 Å². The predicted octanol–water partition coefficient (Wildman–Crippen LogP) is 0.520. The van der Waals surface area contributed by atoms with E-state index in [0.717, 1.165) is 0 Å². The summed E-state index contributed by atoms with van der Waals surface area (Å²) in [5.41, 5.74) is 2.80. The van der Waals surface area contributed by atoms with Gasteiger partial charge in [-0.2, -0.15) is 0 Å². The Morgan fingerprint density at radius 3 is 2.50 bits per heavy atom. The second-order valence-electron chi connectivity index (χ2n) is 3.09. The summed E-state index contributed by atoms with van der Waals surface area (Å²) >= 11 is 0. The molecular formula is C7H14N2O. The van der Waals surface area contributed by atoms with Gasteiger partial charge in [-0.1, -0.05) is 0 Å². The fourth-order valence-corrected chi connectivity index (χ4v) is 1.30. The molecule has 1 saturated heterocycles. The van der Waals surface area contributed by atoms with Crippen molar-refractivity contribution in [2.24, 2.45) is 0 Å². The summed E-state index contributed by atoms with van der Waals surface area (Å²) in [6.45, 7) is 6.20. The van der Waals surface area contributed by atoms with E-state index in [1.807, 2.05) is 5.01 Å². The van der Waals surface area contributed by atoms with Crippen molar-refractivity contribution in [2.75, 3.05) is 0 Å². The number of rotatable bonds is 1. The van der Waals surface area contributed by atoms with Crippen LogP contribution in [0, 0.1) is 0 Å². The molecule has 1 fully saturated rings. The standard InChI is InChI=1S/C7H14N2O/c1-5(2)9-6(3)4-7(10)8-9/h5-6H,4H2,1-3H3,(H,8,10)/t6-/m0/s1. The van der Waals surface area contributed by atoms with E-state index in [2.05, 4.69) is 26.2 Å². The van der Waals surface area contributed by atoms with Gasteiger partial charge in [-0.05, 0) is 20.8 Å². The van der Waals surface area contributed by atoms with E-state index in [-0.39, 0.29) is 5.91 Å². The van der Waals surface area contributed by atoms with Crippen LogP contribution in [0.15, 0.2) is 0 Å². The Kier molecular flexibility index (Phi) is 1.94. The molecule has 1 N–H and O–H groups in total. The Morgan fingerprint density at radius 2 is 2.30 bits per heavy atom. The van der Waals surface area contributed by atoms with Gasteiger partial charge in [-0.15, -0.1) is 0 Å². The molecule has 0 aromatic rings. The summed E-state index contributed by atoms with van der Waals surface area (Å²) in [6.07, 6.45) is 0.637. The van der Waals surface area contributed by atoms with Crippen LogP contribution in [0.5, 0.6) is 0 Å². The van der Waals surface area contributed by atoms with Gasteiger partial charge in [0, 0.05) is 18.5 Å². The van der Waals surface area contributed by atoms with Crippen LogP contribution >= 0.6 is 0 Å². The molecule has 0 spiro atoms. The monoisotopic (exact) mass is 142 g/mol. The number of carbonyl (C=O) groups excluding carboxylic acids is 1. The number of hydrogen-bond donors (Lipinski definition) is 1. The normalized spacial score (nSPS) is 27.6. The largest absolute Gasteiger partial charge is 0.288 e. The third-order valence-corrected chi connectivity index (χ3v) is 1.77. The van der Waals surface area contributed by atoms with E-state index in [9.17, 15) is 4.79 Å². The molecular weight excluding hydrogens is 128 g/mol. The Morgan fingerprint density at radius 1 is 1.70 bits per heavy atom. The summed E-state index contributed by atoms with van der Waals surface area (Å²) in [4.78, 5) is 10.8. The molecule has 0 saturated carbocycles. The molecule has 10 heavy (non-hydrogen) atoms. The number of carbonyl (C=O) groups is 1. The number of hydrazine groups is 1. The molecule has 0 aromatic heterocycles. The molecule has 1 rings (SSSR count). The molecule has 1 aliphatic rings. The van der Waals surface area contributed by atoms with Crippen molar-refractivity contribution in [3.8, 4) is 0 Å². The maximum atomic E-state index is 10.8. The Labute approximate surface area is 61.4 Å². The molecule has 1 atom stereocenters. The molecule has 3 heteroatoms. The van der Waals surface area contributed by atoms with Crippen molar-refractivity contribution in [1.29, 1.82) is 0 Å². The van der Waals surface area contributed by atoms with Crippen molar-refractivity contribution >= 4 is 5.91 Å². The number of amides is 1. The topological polar surface area (TPSA) is 32.3 Å². The Hall–Kier alpha value is -0.570. The second-order valence-corrected chi connectivity index (χ2v) is 3.09. The molecule has 0 aliphatic carbocycles. The average molecular weight is 142 g/mol. The summed E-state index contributed by atoms with van der Waals surface area (Å²) in [5, 5.41) is 1.99. The van der Waals surface area contributed by atoms with Crippen LogP contribution in [0.1, 0.15) is 27.2 Å². The second kappa shape index (κ2) is 2.58. The molecule has 1 amide bonds. The minimum atomic E-state index is 0.140. The van der Waals surface area contributed by atoms with Gasteiger partial charge < -0.3 is 0 Å². The minimum absolute atomic E-state index is 0.140. The zero-order valence-electron chi connectivity index (χ0n) is 6.72. The van der Waals surface area contributed by atoms with Crippen LogP contribution in [-0.2, 0) is 4.79 Å². The van der Waals surface area contributed by atoms with Crippen LogP contribution in [0.3, 0.4) is 0 Å². The van der Waals surface area contributed by atoms with Crippen LogP contribution in [0.25, 0.3) is 0 Å². The van der Waals surface area contributed by atoms with Crippen LogP contribution < -0.4 is 5.43 Å². The lowest BCUT2D eigenvalue weighted by molar-refractivity contribution is -0.121. The van der Waals surface area contributed by atoms with Gasteiger partial charge in [-0.25, -0.2) is 5.01 Å². The molecule has 58 valence electrons. The molecule has 1 heterocycles. The Balaban J connectivity index is 2.54. The first-order chi connectivity index (χ1) is 4.61. The molecule has 3 nitrogen and oxygen atoms in total. The first-order valence-electron chi connectivity index (χ1n) is 3.69. The third-order valence-electron chi connectivity index (χ3n) is 1.77. The summed E-state index contributed by atoms with van der Waals surface area (Å²) < 4.78 is 0. The van der Waals surface area contributed by atoms with E-state index in [4.69, 9.17) is 0 Å². The highest BCUT2D eigenvalue weighted by Gasteiger charge is 2.27. The summed E-state index contributed by atoms with van der Waals surface area (Å²) in [5.74, 6) is 0.140. The molecule has 0 unspecified atom stereocenters. The molecule has 0 bridgehead atoms. The maximum Gasteiger partial charge on any atom is 0.235 e. The van der Waals surface area contributed by atoms with E-state index in [1.54, 1.807) is 0 Å². The fraction of sp³-hybridized carbons (Fsp3) is 0.857. The van der Waals surface area contributed by atoms with Gasteiger partial charge in [0.2, 0.25) is 5.91 Å². The van der Waals surface area contributed by atoms with E-state index < -0.39 is 0 Å². The van der Waals surface area contributed by atoms with Gasteiger partial charge in [0.1, 0.15) is 0 Å². The molecule has 0 aromatic carbocycles. The number of nitrogens with zero attached hydrogens (tertiary/aromatic N) is 1. The molecule has 1 aliphatic heterocycles. The van der Waals surface area contributed by atoms with Crippen molar-refractivity contribution in [3.63, 3.8) is 0 Å². The van der Waals surface area contributed by atoms with Crippen molar-refractivity contribution in [2.45, 2.75) is 39.3 Å². The average Bonchev–Trinajstić information content (AvgIpc) is 2.10. The van der Waals surface area contributed by atoms with Gasteiger partial charge in [-0.3, -0.25) is 10.2 Å². The van der Waals surface area contributed by atoms with Gasteiger partial charge >= 0.3 is 0 Å². The zero-order chi connectivity index (χ0) is 7.72. The smallest absolute Gasteiger partial charge is 0.235 e. The highest BCUT2D eigenvalue weighted by atomic mass is 16.2. The van der Waals surface area contributed by atoms with Crippen LogP contribution in [-0.4, -0.2) is 23.0 Å². The molecule has 0 radical (unpaired) electrons. The van der Waals surface area contributed by atoms with Crippen molar-refractivity contribution in [1.82, 2.24) is 10.4 Å². The lowest BCUT2D eigenvalue weighted by Crippen LogP contribution is -2.42. The highest BCUT2D eigenvalue weighted by Crippen LogP contribution is 2.11. The minimum Gasteiger partial charge on any atom is -0.288 e. The van der Waals surface area contributed by atoms with E-state index in [0.29, 0.717) is 18.5 Å². The third kappa shape index (κ3) is 1.29. The summed E-state index contributed by atoms with van der Waals surface area (Å²) in [7, 11) is 0. The quantitative estimate of drug-likeness (QED) is 0.579. The Bertz CT molecular complexity index is 145. The van der Waals surface area contributed by atoms with Crippen LogP contribution in [0.4, 0.5) is 0 Å².